The van der Waals surface area contributed by atoms with Gasteiger partial charge < -0.3 is 10.2 Å². The maximum absolute atomic E-state index is 11.1. The highest BCUT2D eigenvalue weighted by atomic mass is 16.3. The lowest BCUT2D eigenvalue weighted by Gasteiger charge is -2.02. The number of hydrogen-bond acceptors (Lipinski definition) is 3. The first-order valence-corrected chi connectivity index (χ1v) is 3.47. The van der Waals surface area contributed by atoms with Crippen molar-refractivity contribution in [3.63, 3.8) is 0 Å². The van der Waals surface area contributed by atoms with Crippen molar-refractivity contribution in [1.29, 1.82) is 0 Å². The summed E-state index contributed by atoms with van der Waals surface area (Å²) in [5.74, 6) is -0.332. The summed E-state index contributed by atoms with van der Waals surface area (Å²) in [6, 6.07) is 2.66. The molecule has 1 aliphatic rings. The van der Waals surface area contributed by atoms with Crippen LogP contribution in [-0.2, 0) is 0 Å². The van der Waals surface area contributed by atoms with Gasteiger partial charge >= 0.3 is 0 Å². The van der Waals surface area contributed by atoms with Crippen LogP contribution >= 0.6 is 0 Å². The second-order valence-corrected chi connectivity index (χ2v) is 2.59. The standard InChI is InChI=1S/C9H6O3/c10-6-3-4-8(12)9-5(6)1-2-7(9)11/h1-4,10,12H. The number of aromatic hydroxyl groups is 2. The van der Waals surface area contributed by atoms with Crippen molar-refractivity contribution >= 4 is 11.9 Å². The normalized spacial score (nSPS) is 13.5. The Hall–Kier alpha value is -1.77. The molecule has 0 heterocycles. The monoisotopic (exact) mass is 162 g/mol. The van der Waals surface area contributed by atoms with Gasteiger partial charge in [-0.2, -0.15) is 0 Å². The number of carbonyl (C=O) groups excluding carboxylic acids is 1. The lowest BCUT2D eigenvalue weighted by molar-refractivity contribution is 0.104. The molecule has 0 amide bonds. The molecule has 1 aromatic carbocycles. The molecule has 1 aromatic rings. The van der Waals surface area contributed by atoms with E-state index in [9.17, 15) is 15.0 Å². The lowest BCUT2D eigenvalue weighted by atomic mass is 10.1. The molecular weight excluding hydrogens is 156 g/mol. The van der Waals surface area contributed by atoms with E-state index in [0.29, 0.717) is 5.56 Å². The number of allylic oxidation sites excluding steroid dienone is 1. The fourth-order valence-corrected chi connectivity index (χ4v) is 1.27. The molecule has 12 heavy (non-hydrogen) atoms. The van der Waals surface area contributed by atoms with E-state index in [1.807, 2.05) is 0 Å². The van der Waals surface area contributed by atoms with Crippen molar-refractivity contribution in [2.24, 2.45) is 0 Å². The maximum Gasteiger partial charge on any atom is 0.190 e. The molecule has 2 N–H and O–H groups in total. The maximum atomic E-state index is 11.1. The second kappa shape index (κ2) is 2.11. The van der Waals surface area contributed by atoms with E-state index in [-0.39, 0.29) is 22.8 Å². The van der Waals surface area contributed by atoms with Gasteiger partial charge in [-0.15, -0.1) is 0 Å². The van der Waals surface area contributed by atoms with Crippen LogP contribution < -0.4 is 0 Å². The molecule has 0 aliphatic heterocycles. The molecule has 3 nitrogen and oxygen atoms in total. The van der Waals surface area contributed by atoms with Gasteiger partial charge in [0.15, 0.2) is 5.78 Å². The molecule has 0 saturated carbocycles. The largest absolute Gasteiger partial charge is 0.507 e. The van der Waals surface area contributed by atoms with Gasteiger partial charge in [0.25, 0.3) is 0 Å². The van der Waals surface area contributed by atoms with Crippen LogP contribution in [0.4, 0.5) is 0 Å². The number of phenols is 2. The number of hydrogen-bond donors (Lipinski definition) is 2. The Kier molecular flexibility index (Phi) is 1.21. The SMILES string of the molecule is O=C1C=Cc2c(O)ccc(O)c21. The summed E-state index contributed by atoms with van der Waals surface area (Å²) in [5, 5.41) is 18.5. The molecular formula is C9H6O3. The number of carbonyl (C=O) groups is 1. The van der Waals surface area contributed by atoms with Gasteiger partial charge in [0.05, 0.1) is 5.56 Å². The smallest absolute Gasteiger partial charge is 0.190 e. The number of benzene rings is 1. The third-order valence-electron chi connectivity index (χ3n) is 1.85. The Morgan fingerprint density at radius 2 is 1.67 bits per heavy atom. The van der Waals surface area contributed by atoms with Crippen molar-refractivity contribution in [2.75, 3.05) is 0 Å². The van der Waals surface area contributed by atoms with Crippen molar-refractivity contribution in [3.05, 3.63) is 29.3 Å². The van der Waals surface area contributed by atoms with Gasteiger partial charge in [0.2, 0.25) is 0 Å². The van der Waals surface area contributed by atoms with Gasteiger partial charge in [-0.3, -0.25) is 4.79 Å². The number of ketones is 1. The van der Waals surface area contributed by atoms with Gasteiger partial charge in [0.1, 0.15) is 11.5 Å². The highest BCUT2D eigenvalue weighted by Gasteiger charge is 2.20. The molecule has 0 unspecified atom stereocenters. The van der Waals surface area contributed by atoms with Gasteiger partial charge in [-0.1, -0.05) is 0 Å². The Balaban J connectivity index is 2.79. The van der Waals surface area contributed by atoms with Crippen molar-refractivity contribution in [3.8, 4) is 11.5 Å². The molecule has 0 atom stereocenters. The third kappa shape index (κ3) is 0.733. The Morgan fingerprint density at radius 3 is 2.33 bits per heavy atom. The summed E-state index contributed by atoms with van der Waals surface area (Å²) < 4.78 is 0. The fourth-order valence-electron chi connectivity index (χ4n) is 1.27. The molecule has 0 bridgehead atoms. The minimum Gasteiger partial charge on any atom is -0.507 e. The summed E-state index contributed by atoms with van der Waals surface area (Å²) in [7, 11) is 0. The van der Waals surface area contributed by atoms with E-state index in [0.717, 1.165) is 0 Å². The Bertz CT molecular complexity index is 391. The molecule has 0 spiro atoms. The topological polar surface area (TPSA) is 57.5 Å². The zero-order valence-electron chi connectivity index (χ0n) is 6.11. The van der Waals surface area contributed by atoms with Gasteiger partial charge in [-0.05, 0) is 24.3 Å². The van der Waals surface area contributed by atoms with E-state index in [2.05, 4.69) is 0 Å². The van der Waals surface area contributed by atoms with Gasteiger partial charge in [0, 0.05) is 5.56 Å². The van der Waals surface area contributed by atoms with Crippen LogP contribution in [0.3, 0.4) is 0 Å². The van der Waals surface area contributed by atoms with Crippen molar-refractivity contribution in [2.45, 2.75) is 0 Å². The van der Waals surface area contributed by atoms with E-state index >= 15 is 0 Å². The number of rotatable bonds is 0. The molecule has 60 valence electrons. The average molecular weight is 162 g/mol. The fraction of sp³-hybridized carbons (Fsp3) is 0. The van der Waals surface area contributed by atoms with E-state index in [1.54, 1.807) is 0 Å². The minimum atomic E-state index is -0.265. The summed E-state index contributed by atoms with van der Waals surface area (Å²) in [4.78, 5) is 11.1. The van der Waals surface area contributed by atoms with Crippen LogP contribution in [0.25, 0.3) is 6.08 Å². The first-order chi connectivity index (χ1) is 5.70. The summed E-state index contributed by atoms with van der Waals surface area (Å²) in [6.07, 6.45) is 2.82. The molecule has 0 saturated heterocycles. The van der Waals surface area contributed by atoms with E-state index < -0.39 is 0 Å². The molecule has 0 aromatic heterocycles. The van der Waals surface area contributed by atoms with Crippen molar-refractivity contribution in [1.82, 2.24) is 0 Å². The van der Waals surface area contributed by atoms with Crippen LogP contribution in [0.2, 0.25) is 0 Å². The second-order valence-electron chi connectivity index (χ2n) is 2.59. The van der Waals surface area contributed by atoms with Crippen molar-refractivity contribution < 1.29 is 15.0 Å². The lowest BCUT2D eigenvalue weighted by Crippen LogP contribution is -1.91. The highest BCUT2D eigenvalue weighted by molar-refractivity contribution is 6.16. The Labute approximate surface area is 68.6 Å². The summed E-state index contributed by atoms with van der Waals surface area (Å²) in [6.45, 7) is 0. The molecule has 3 heteroatoms. The Morgan fingerprint density at radius 1 is 1.00 bits per heavy atom. The number of phenolic OH excluding ortho intramolecular Hbond substituents is 2. The summed E-state index contributed by atoms with van der Waals surface area (Å²) >= 11 is 0. The highest BCUT2D eigenvalue weighted by Crippen LogP contribution is 2.34. The van der Waals surface area contributed by atoms with E-state index in [4.69, 9.17) is 0 Å². The zero-order chi connectivity index (χ0) is 8.72. The zero-order valence-corrected chi connectivity index (χ0v) is 6.11. The van der Waals surface area contributed by atoms with Crippen LogP contribution in [-0.4, -0.2) is 16.0 Å². The molecule has 1 aliphatic carbocycles. The van der Waals surface area contributed by atoms with Crippen LogP contribution in [0, 0.1) is 0 Å². The predicted octanol–water partition coefficient (Wildman–Crippen LogP) is 1.31. The molecule has 2 rings (SSSR count). The minimum absolute atomic E-state index is 0.0184. The summed E-state index contributed by atoms with van der Waals surface area (Å²) in [5.41, 5.74) is 0.593. The quantitative estimate of drug-likeness (QED) is 0.565. The average Bonchev–Trinajstić information content (AvgIpc) is 2.42. The first-order valence-electron chi connectivity index (χ1n) is 3.47. The van der Waals surface area contributed by atoms with Crippen LogP contribution in [0.1, 0.15) is 15.9 Å². The van der Waals surface area contributed by atoms with Gasteiger partial charge in [-0.25, -0.2) is 0 Å². The van der Waals surface area contributed by atoms with Crippen LogP contribution in [0.5, 0.6) is 11.5 Å². The third-order valence-corrected chi connectivity index (χ3v) is 1.85. The molecule has 0 fully saturated rings. The predicted molar refractivity (Wildman–Crippen MR) is 43.1 cm³/mol. The molecule has 0 radical (unpaired) electrons. The number of fused-ring (bicyclic) bond motifs is 1. The van der Waals surface area contributed by atoms with Crippen LogP contribution in [0.15, 0.2) is 18.2 Å². The van der Waals surface area contributed by atoms with E-state index in [1.165, 1.54) is 24.3 Å². The first kappa shape index (κ1) is 6.91.